The van der Waals surface area contributed by atoms with Crippen LogP contribution in [-0.2, 0) is 18.0 Å². The first-order chi connectivity index (χ1) is 18.4. The Hall–Kier alpha value is -3.10. The third-order valence-corrected chi connectivity index (χ3v) is 9.50. The smallest absolute Gasteiger partial charge is 0.317 e. The molecule has 3 aliphatic rings. The number of fused-ring (bicyclic) bond motifs is 5. The van der Waals surface area contributed by atoms with Crippen molar-refractivity contribution in [1.29, 1.82) is 5.26 Å². The monoisotopic (exact) mass is 553 g/mol. The van der Waals surface area contributed by atoms with Gasteiger partial charge in [0.2, 0.25) is 0 Å². The second-order valence-electron chi connectivity index (χ2n) is 10.2. The van der Waals surface area contributed by atoms with Gasteiger partial charge in [-0.1, -0.05) is 17.7 Å². The zero-order valence-corrected chi connectivity index (χ0v) is 21.8. The van der Waals surface area contributed by atoms with Crippen molar-refractivity contribution in [3.8, 4) is 23.2 Å². The fourth-order valence-electron chi connectivity index (χ4n) is 6.40. The molecule has 194 valence electrons. The van der Waals surface area contributed by atoms with E-state index >= 15 is 0 Å². The van der Waals surface area contributed by atoms with Gasteiger partial charge < -0.3 is 15.2 Å². The van der Waals surface area contributed by atoms with E-state index in [-0.39, 0.29) is 22.1 Å². The van der Waals surface area contributed by atoms with Crippen molar-refractivity contribution < 1.29 is 18.3 Å². The summed E-state index contributed by atoms with van der Waals surface area (Å²) < 4.78 is 41.1. The summed E-state index contributed by atoms with van der Waals surface area (Å²) in [5.41, 5.74) is 9.42. The van der Waals surface area contributed by atoms with E-state index in [1.54, 1.807) is 12.3 Å². The molecule has 2 aromatic heterocycles. The molecule has 2 atom stereocenters. The van der Waals surface area contributed by atoms with Crippen molar-refractivity contribution in [2.24, 2.45) is 0 Å². The second-order valence-corrected chi connectivity index (χ2v) is 11.6. The molecule has 0 amide bonds. The molecule has 3 aliphatic heterocycles. The van der Waals surface area contributed by atoms with E-state index in [9.17, 15) is 14.0 Å². The lowest BCUT2D eigenvalue weighted by molar-refractivity contribution is 0.107. The highest BCUT2D eigenvalue weighted by Gasteiger charge is 2.49. The molecule has 4 aromatic rings. The number of nitriles is 1. The number of thiophene rings is 1. The van der Waals surface area contributed by atoms with Crippen LogP contribution in [0.4, 0.5) is 13.8 Å². The van der Waals surface area contributed by atoms with Gasteiger partial charge in [0.1, 0.15) is 29.7 Å². The Morgan fingerprint density at radius 1 is 1.34 bits per heavy atom. The van der Waals surface area contributed by atoms with Crippen LogP contribution in [0.15, 0.2) is 18.3 Å². The highest BCUT2D eigenvalue weighted by molar-refractivity contribution is 7.23. The van der Waals surface area contributed by atoms with Crippen molar-refractivity contribution in [2.45, 2.75) is 44.2 Å². The molecule has 0 radical (unpaired) electrons. The number of nitrogen functional groups attached to an aromatic ring is 1. The van der Waals surface area contributed by atoms with Crippen molar-refractivity contribution in [1.82, 2.24) is 14.9 Å². The molecule has 38 heavy (non-hydrogen) atoms. The first-order valence-corrected chi connectivity index (χ1v) is 13.6. The minimum absolute atomic E-state index is 0.162. The first-order valence-electron chi connectivity index (χ1n) is 12.4. The number of anilines is 1. The number of hydrogen-bond donors (Lipinski definition) is 1. The number of halogens is 3. The molecule has 7 rings (SSSR count). The van der Waals surface area contributed by atoms with Crippen LogP contribution in [0, 0.1) is 17.1 Å². The molecule has 0 saturated carbocycles. The van der Waals surface area contributed by atoms with Crippen LogP contribution in [-0.4, -0.2) is 46.3 Å². The number of hydrogen-bond acceptors (Lipinski definition) is 8. The van der Waals surface area contributed by atoms with Gasteiger partial charge in [-0.25, -0.2) is 13.8 Å². The fourth-order valence-corrected chi connectivity index (χ4v) is 7.71. The summed E-state index contributed by atoms with van der Waals surface area (Å²) in [6.45, 7) is 2.26. The third-order valence-electron chi connectivity index (χ3n) is 8.11. The van der Waals surface area contributed by atoms with Crippen LogP contribution < -0.4 is 10.5 Å². The van der Waals surface area contributed by atoms with Gasteiger partial charge in [0.05, 0.1) is 39.6 Å². The van der Waals surface area contributed by atoms with Crippen LogP contribution in [0.25, 0.3) is 32.1 Å². The highest BCUT2D eigenvalue weighted by atomic mass is 35.5. The fraction of sp³-hybridized carbons (Fsp3) is 0.370. The zero-order chi connectivity index (χ0) is 26.2. The van der Waals surface area contributed by atoms with Crippen molar-refractivity contribution >= 4 is 48.9 Å². The normalized spacial score (nSPS) is 22.7. The number of alkyl halides is 1. The Balaban J connectivity index is 1.37. The number of nitrogens with zero attached hydrogens (tertiary/aromatic N) is 4. The van der Waals surface area contributed by atoms with E-state index in [1.165, 1.54) is 6.07 Å². The summed E-state index contributed by atoms with van der Waals surface area (Å²) in [7, 11) is 0. The van der Waals surface area contributed by atoms with Crippen LogP contribution in [0.2, 0.25) is 5.02 Å². The number of ether oxygens (including phenoxy) is 2. The summed E-state index contributed by atoms with van der Waals surface area (Å²) >= 11 is 8.08. The Bertz CT molecular complexity index is 1690. The Labute approximate surface area is 225 Å². The lowest BCUT2D eigenvalue weighted by atomic mass is 9.91. The summed E-state index contributed by atoms with van der Waals surface area (Å²) in [6, 6.07) is 5.26. The van der Waals surface area contributed by atoms with Crippen LogP contribution in [0.5, 0.6) is 6.01 Å². The molecular formula is C27H22ClF2N5O2S. The summed E-state index contributed by atoms with van der Waals surface area (Å²) in [6.07, 6.45) is 3.17. The highest BCUT2D eigenvalue weighted by Crippen LogP contribution is 2.48. The average Bonchev–Trinajstić information content (AvgIpc) is 3.66. The van der Waals surface area contributed by atoms with Crippen LogP contribution in [0.3, 0.4) is 0 Å². The molecule has 2 fully saturated rings. The Kier molecular flexibility index (Phi) is 5.50. The maximum atomic E-state index is 14.7. The molecule has 11 heteroatoms. The molecule has 0 unspecified atom stereocenters. The van der Waals surface area contributed by atoms with E-state index in [0.29, 0.717) is 64.5 Å². The number of aromatic nitrogens is 2. The van der Waals surface area contributed by atoms with Gasteiger partial charge in [-0.2, -0.15) is 10.2 Å². The lowest BCUT2D eigenvalue weighted by Gasteiger charge is -2.30. The van der Waals surface area contributed by atoms with Crippen molar-refractivity contribution in [3.05, 3.63) is 45.9 Å². The van der Waals surface area contributed by atoms with Crippen LogP contribution >= 0.6 is 22.9 Å². The topological polar surface area (TPSA) is 97.3 Å². The molecule has 0 bridgehead atoms. The van der Waals surface area contributed by atoms with Gasteiger partial charge in [-0.15, -0.1) is 11.3 Å². The molecule has 0 aliphatic carbocycles. The van der Waals surface area contributed by atoms with Gasteiger partial charge in [0.15, 0.2) is 0 Å². The van der Waals surface area contributed by atoms with Crippen LogP contribution in [0.1, 0.15) is 36.0 Å². The quantitative estimate of drug-likeness (QED) is 0.344. The standard InChI is InChI=1S/C27H22ClF2N5O2S/c28-22-20(14-2-3-19(30)24-21(14)15(7-31)25(32)38-24)18-11-36-10-17(18)16-8-33-26(34-23(16)22)37-12-27-4-1-5-35(27)9-13(29)6-27/h2-3,8,13H,1,4-6,9-12,32H2/t13-,27+/m1/s1. The Morgan fingerprint density at radius 2 is 2.18 bits per heavy atom. The molecule has 5 heterocycles. The van der Waals surface area contributed by atoms with Gasteiger partial charge in [-0.3, -0.25) is 4.90 Å². The van der Waals surface area contributed by atoms with E-state index < -0.39 is 12.0 Å². The second kappa shape index (κ2) is 8.71. The van der Waals surface area contributed by atoms with Gasteiger partial charge in [0, 0.05) is 35.5 Å². The van der Waals surface area contributed by atoms with E-state index in [1.807, 2.05) is 0 Å². The summed E-state index contributed by atoms with van der Waals surface area (Å²) in [5, 5.41) is 11.6. The van der Waals surface area contributed by atoms with E-state index in [4.69, 9.17) is 26.8 Å². The number of rotatable bonds is 4. The summed E-state index contributed by atoms with van der Waals surface area (Å²) in [5.74, 6) is -0.451. The first kappa shape index (κ1) is 24.0. The van der Waals surface area contributed by atoms with Gasteiger partial charge >= 0.3 is 6.01 Å². The molecule has 2 aromatic carbocycles. The van der Waals surface area contributed by atoms with E-state index in [2.05, 4.69) is 20.9 Å². The molecule has 2 N–H and O–H groups in total. The van der Waals surface area contributed by atoms with E-state index in [0.717, 1.165) is 47.2 Å². The summed E-state index contributed by atoms with van der Waals surface area (Å²) in [4.78, 5) is 11.3. The number of benzene rings is 2. The largest absolute Gasteiger partial charge is 0.461 e. The predicted molar refractivity (Wildman–Crippen MR) is 141 cm³/mol. The van der Waals surface area contributed by atoms with Gasteiger partial charge in [0.25, 0.3) is 0 Å². The minimum Gasteiger partial charge on any atom is -0.461 e. The minimum atomic E-state index is -0.854. The average molecular weight is 554 g/mol. The van der Waals surface area contributed by atoms with Crippen molar-refractivity contribution in [2.75, 3.05) is 25.4 Å². The predicted octanol–water partition coefficient (Wildman–Crippen LogP) is 5.74. The molecule has 2 saturated heterocycles. The molecule has 7 nitrogen and oxygen atoms in total. The maximum Gasteiger partial charge on any atom is 0.317 e. The zero-order valence-electron chi connectivity index (χ0n) is 20.2. The maximum absolute atomic E-state index is 14.7. The lowest BCUT2D eigenvalue weighted by Crippen LogP contribution is -2.43. The molecular weight excluding hydrogens is 532 g/mol. The Morgan fingerprint density at radius 3 is 3.03 bits per heavy atom. The SMILES string of the molecule is N#Cc1c(N)sc2c(F)ccc(-c3c4c(c5cnc(OC[C@@]67CCCN6C[C@H](F)C7)nc5c3Cl)COC4)c12. The number of nitrogens with two attached hydrogens (primary N) is 1. The third kappa shape index (κ3) is 3.42. The van der Waals surface area contributed by atoms with Crippen molar-refractivity contribution in [3.63, 3.8) is 0 Å². The molecule has 0 spiro atoms. The van der Waals surface area contributed by atoms with Gasteiger partial charge in [-0.05, 0) is 42.1 Å².